The van der Waals surface area contributed by atoms with Crippen molar-refractivity contribution in [1.82, 2.24) is 0 Å². The van der Waals surface area contributed by atoms with Crippen LogP contribution in [0.15, 0.2) is 112 Å². The quantitative estimate of drug-likeness (QED) is 0.266. The van der Waals surface area contributed by atoms with Crippen molar-refractivity contribution in [3.63, 3.8) is 0 Å². The Kier molecular flexibility index (Phi) is 4.07. The van der Waals surface area contributed by atoms with Gasteiger partial charge in [0.15, 0.2) is 0 Å². The molecule has 31 heavy (non-hydrogen) atoms. The van der Waals surface area contributed by atoms with Gasteiger partial charge in [0.1, 0.15) is 0 Å². The summed E-state index contributed by atoms with van der Waals surface area (Å²) in [5, 5.41) is 2.44. The van der Waals surface area contributed by atoms with Crippen LogP contribution in [0.4, 0.5) is 17.1 Å². The highest BCUT2D eigenvalue weighted by molar-refractivity contribution is 8.01. The molecular weight excluding hydrogens is 438 g/mol. The Hall–Kier alpha value is -2.54. The smallest absolute Gasteiger partial charge is 0.0789 e. The zero-order valence-corrected chi connectivity index (χ0v) is 18.7. The third-order valence-corrected chi connectivity index (χ3v) is 9.09. The maximum absolute atomic E-state index is 5.04. The van der Waals surface area contributed by atoms with Crippen LogP contribution in [0.1, 0.15) is 6.42 Å². The molecule has 4 aliphatic rings. The largest absolute Gasteiger partial charge is 0.251 e. The molecule has 7 rings (SSSR count). The van der Waals surface area contributed by atoms with Crippen LogP contribution in [0.25, 0.3) is 0 Å². The average molecular weight is 454 g/mol. The van der Waals surface area contributed by atoms with Crippen LogP contribution in [0.5, 0.6) is 0 Å². The highest BCUT2D eigenvalue weighted by atomic mass is 32.2. The molecule has 0 aromatic heterocycles. The first-order valence-corrected chi connectivity index (χ1v) is 12.6. The van der Waals surface area contributed by atoms with Gasteiger partial charge in [-0.2, -0.15) is 0 Å². The third-order valence-electron chi connectivity index (χ3n) is 5.58. The van der Waals surface area contributed by atoms with Crippen LogP contribution in [0.2, 0.25) is 0 Å². The van der Waals surface area contributed by atoms with Gasteiger partial charge in [0, 0.05) is 24.5 Å². The summed E-state index contributed by atoms with van der Waals surface area (Å²) < 4.78 is 0. The van der Waals surface area contributed by atoms with Gasteiger partial charge in [-0.15, -0.1) is 11.8 Å². The normalized spacial score (nSPS) is 19.2. The summed E-state index contributed by atoms with van der Waals surface area (Å²) >= 11 is 5.45. The van der Waals surface area contributed by atoms with Crippen molar-refractivity contribution in [2.75, 3.05) is 0 Å². The number of para-hydroxylation sites is 1. The predicted molar refractivity (Wildman–Crippen MR) is 129 cm³/mol. The van der Waals surface area contributed by atoms with E-state index >= 15 is 0 Å². The zero-order chi connectivity index (χ0) is 20.4. The van der Waals surface area contributed by atoms with Crippen LogP contribution in [0.3, 0.4) is 0 Å². The number of allylic oxidation sites excluding steroid dienone is 4. The zero-order valence-electron chi connectivity index (χ0n) is 16.3. The number of nitrogens with zero attached hydrogens (tertiary/aromatic N) is 3. The van der Waals surface area contributed by atoms with Gasteiger partial charge in [-0.3, -0.25) is 4.99 Å². The van der Waals surface area contributed by atoms with E-state index in [2.05, 4.69) is 66.8 Å². The molecule has 0 fully saturated rings. The molecule has 1 unspecified atom stereocenters. The molecule has 0 radical (unpaired) electrons. The third kappa shape index (κ3) is 3.04. The van der Waals surface area contributed by atoms with E-state index in [1.165, 1.54) is 14.7 Å². The van der Waals surface area contributed by atoms with Crippen molar-refractivity contribution in [1.29, 1.82) is 0 Å². The Morgan fingerprint density at radius 2 is 1.42 bits per heavy atom. The number of hydrogen-bond donors (Lipinski definition) is 0. The van der Waals surface area contributed by atoms with E-state index in [-0.39, 0.29) is 0 Å². The molecule has 148 valence electrons. The summed E-state index contributed by atoms with van der Waals surface area (Å²) in [6.07, 6.45) is 9.57. The van der Waals surface area contributed by atoms with E-state index in [1.807, 2.05) is 17.8 Å². The van der Waals surface area contributed by atoms with Crippen LogP contribution >= 0.6 is 35.3 Å². The molecule has 3 heterocycles. The second kappa shape index (κ2) is 6.99. The molecule has 3 nitrogen and oxygen atoms in total. The Labute approximate surface area is 192 Å². The summed E-state index contributed by atoms with van der Waals surface area (Å²) in [5.41, 5.74) is 4.30. The Bertz CT molecular complexity index is 1500. The SMILES string of the molecule is C1=CCC2Sc3cc4c(cc3N=C2C=C1)Sc1cc2c(cc1=N4)Sc1ccccc1N=2. The fraction of sp³-hybridized carbons (Fsp3) is 0.0800. The summed E-state index contributed by atoms with van der Waals surface area (Å²) in [4.78, 5) is 20.8. The van der Waals surface area contributed by atoms with Crippen molar-refractivity contribution >= 4 is 58.1 Å². The van der Waals surface area contributed by atoms with Gasteiger partial charge < -0.3 is 0 Å². The summed E-state index contributed by atoms with van der Waals surface area (Å²) in [6, 6.07) is 17.1. The van der Waals surface area contributed by atoms with Crippen LogP contribution in [-0.2, 0) is 0 Å². The Morgan fingerprint density at radius 3 is 2.32 bits per heavy atom. The molecule has 0 saturated heterocycles. The first-order valence-electron chi connectivity index (χ1n) is 10.1. The van der Waals surface area contributed by atoms with Gasteiger partial charge in [0.2, 0.25) is 0 Å². The second-order valence-electron chi connectivity index (χ2n) is 7.64. The first kappa shape index (κ1) is 18.1. The second-order valence-corrected chi connectivity index (χ2v) is 11.0. The molecule has 3 aromatic carbocycles. The first-order chi connectivity index (χ1) is 15.3. The lowest BCUT2D eigenvalue weighted by Gasteiger charge is -2.23. The van der Waals surface area contributed by atoms with Crippen molar-refractivity contribution < 1.29 is 0 Å². The lowest BCUT2D eigenvalue weighted by atomic mass is 10.2. The molecule has 0 bridgehead atoms. The lowest BCUT2D eigenvalue weighted by Crippen LogP contribution is -2.18. The highest BCUT2D eigenvalue weighted by Gasteiger charge is 2.25. The number of benzene rings is 3. The van der Waals surface area contributed by atoms with Crippen molar-refractivity contribution in [3.8, 4) is 0 Å². The molecular formula is C25H15N3S3. The van der Waals surface area contributed by atoms with Gasteiger partial charge in [-0.05, 0) is 48.9 Å². The van der Waals surface area contributed by atoms with Gasteiger partial charge in [0.25, 0.3) is 0 Å². The van der Waals surface area contributed by atoms with Crippen molar-refractivity contribution in [2.24, 2.45) is 15.0 Å². The lowest BCUT2D eigenvalue weighted by molar-refractivity contribution is 1.06. The maximum atomic E-state index is 5.04. The van der Waals surface area contributed by atoms with E-state index in [4.69, 9.17) is 15.0 Å². The van der Waals surface area contributed by atoms with E-state index in [9.17, 15) is 0 Å². The Morgan fingerprint density at radius 1 is 0.677 bits per heavy atom. The molecule has 6 heteroatoms. The van der Waals surface area contributed by atoms with E-state index in [1.54, 1.807) is 23.5 Å². The van der Waals surface area contributed by atoms with Crippen LogP contribution < -0.4 is 10.7 Å². The highest BCUT2D eigenvalue weighted by Crippen LogP contribution is 2.47. The number of fused-ring (bicyclic) bond motifs is 6. The molecule has 3 aliphatic heterocycles. The van der Waals surface area contributed by atoms with Gasteiger partial charge in [0.05, 0.1) is 38.7 Å². The Balaban J connectivity index is 1.34. The number of rotatable bonds is 0. The fourth-order valence-electron chi connectivity index (χ4n) is 4.07. The minimum Gasteiger partial charge on any atom is -0.251 e. The van der Waals surface area contributed by atoms with Crippen LogP contribution in [-0.4, -0.2) is 11.0 Å². The topological polar surface area (TPSA) is 37.1 Å². The molecule has 3 aromatic rings. The summed E-state index contributed by atoms with van der Waals surface area (Å²) in [6.45, 7) is 0. The minimum absolute atomic E-state index is 0.383. The molecule has 1 aliphatic carbocycles. The minimum atomic E-state index is 0.383. The number of hydrogen-bond acceptors (Lipinski definition) is 6. The van der Waals surface area contributed by atoms with Gasteiger partial charge in [-0.1, -0.05) is 53.9 Å². The van der Waals surface area contributed by atoms with Crippen molar-refractivity contribution in [2.45, 2.75) is 36.1 Å². The molecule has 0 amide bonds. The predicted octanol–water partition coefficient (Wildman–Crippen LogP) is 6.58. The maximum Gasteiger partial charge on any atom is 0.0789 e. The van der Waals surface area contributed by atoms with E-state index in [0.29, 0.717) is 5.25 Å². The van der Waals surface area contributed by atoms with Crippen LogP contribution in [0, 0.1) is 0 Å². The average Bonchev–Trinajstić information content (AvgIpc) is 3.02. The van der Waals surface area contributed by atoms with E-state index < -0.39 is 0 Å². The molecule has 0 saturated carbocycles. The van der Waals surface area contributed by atoms with E-state index in [0.717, 1.165) is 49.7 Å². The summed E-state index contributed by atoms with van der Waals surface area (Å²) in [7, 11) is 0. The summed E-state index contributed by atoms with van der Waals surface area (Å²) in [5.74, 6) is 0. The number of aliphatic imine (C=N–C) groups is 1. The monoisotopic (exact) mass is 453 g/mol. The van der Waals surface area contributed by atoms with Gasteiger partial charge >= 0.3 is 0 Å². The number of thioether (sulfide) groups is 1. The molecule has 0 spiro atoms. The standard InChI is InChI=1S/C25H15N3S3/c1-2-6-14-20(8-3-1)29-22-12-18-24(10-16(22)26-14)31-25-11-17-23(13-19(25)28-18)30-21-9-5-4-7-15(21)27-17/h1-7,9-13,20H,8H2. The van der Waals surface area contributed by atoms with Crippen molar-refractivity contribution in [3.05, 3.63) is 83.5 Å². The molecule has 0 N–H and O–H groups in total. The molecule has 1 atom stereocenters. The fourth-order valence-corrected chi connectivity index (χ4v) is 7.22. The van der Waals surface area contributed by atoms with Gasteiger partial charge in [-0.25, -0.2) is 9.98 Å².